The molecule has 1 atom stereocenters. The van der Waals surface area contributed by atoms with Gasteiger partial charge in [0.15, 0.2) is 5.96 Å². The third kappa shape index (κ3) is 3.66. The standard InChI is InChI=1S/C18H26FN3O/c1-20-17(22(2)11-14-7-10-23-12-14)21-13-18(8-9-18)15-5-3-4-6-16(15)19/h3-6,14H,7-13H2,1-2H3,(H,20,21). The van der Waals surface area contributed by atoms with Crippen LogP contribution in [-0.4, -0.2) is 51.3 Å². The van der Waals surface area contributed by atoms with Crippen molar-refractivity contribution in [3.63, 3.8) is 0 Å². The number of rotatable bonds is 5. The second-order valence-corrected chi connectivity index (χ2v) is 6.77. The number of hydrogen-bond acceptors (Lipinski definition) is 2. The first-order valence-corrected chi connectivity index (χ1v) is 8.39. The Hall–Kier alpha value is -1.62. The van der Waals surface area contributed by atoms with Crippen LogP contribution in [0.1, 0.15) is 24.8 Å². The van der Waals surface area contributed by atoms with Crippen molar-refractivity contribution in [2.75, 3.05) is 40.4 Å². The van der Waals surface area contributed by atoms with Crippen molar-refractivity contribution in [1.29, 1.82) is 0 Å². The van der Waals surface area contributed by atoms with Crippen molar-refractivity contribution >= 4 is 5.96 Å². The summed E-state index contributed by atoms with van der Waals surface area (Å²) < 4.78 is 19.5. The van der Waals surface area contributed by atoms with Gasteiger partial charge in [0.1, 0.15) is 5.82 Å². The molecule has 1 N–H and O–H groups in total. The molecular formula is C18H26FN3O. The van der Waals surface area contributed by atoms with E-state index in [-0.39, 0.29) is 11.2 Å². The van der Waals surface area contributed by atoms with Gasteiger partial charge in [-0.05, 0) is 30.9 Å². The lowest BCUT2D eigenvalue weighted by molar-refractivity contribution is 0.181. The summed E-state index contributed by atoms with van der Waals surface area (Å²) in [6.07, 6.45) is 3.16. The van der Waals surface area contributed by atoms with Gasteiger partial charge in [0.25, 0.3) is 0 Å². The normalized spacial score (nSPS) is 22.9. The average molecular weight is 319 g/mol. The molecule has 5 heteroatoms. The summed E-state index contributed by atoms with van der Waals surface area (Å²) in [6, 6.07) is 7.13. The van der Waals surface area contributed by atoms with Gasteiger partial charge in [-0.25, -0.2) is 4.39 Å². The van der Waals surface area contributed by atoms with E-state index in [1.807, 2.05) is 12.1 Å². The number of guanidine groups is 1. The molecule has 2 aliphatic rings. The van der Waals surface area contributed by atoms with Gasteiger partial charge in [-0.15, -0.1) is 0 Å². The summed E-state index contributed by atoms with van der Waals surface area (Å²) in [6.45, 7) is 3.36. The van der Waals surface area contributed by atoms with E-state index in [9.17, 15) is 4.39 Å². The van der Waals surface area contributed by atoms with Gasteiger partial charge in [-0.1, -0.05) is 18.2 Å². The Kier molecular flexibility index (Phi) is 4.85. The monoisotopic (exact) mass is 319 g/mol. The summed E-state index contributed by atoms with van der Waals surface area (Å²) in [5, 5.41) is 3.44. The lowest BCUT2D eigenvalue weighted by Crippen LogP contribution is -2.44. The minimum Gasteiger partial charge on any atom is -0.381 e. The van der Waals surface area contributed by atoms with E-state index in [0.717, 1.165) is 57.1 Å². The molecule has 2 fully saturated rings. The van der Waals surface area contributed by atoms with E-state index in [1.165, 1.54) is 0 Å². The molecule has 0 bridgehead atoms. The Morgan fingerprint density at radius 2 is 2.22 bits per heavy atom. The topological polar surface area (TPSA) is 36.9 Å². The van der Waals surface area contributed by atoms with Gasteiger partial charge in [-0.3, -0.25) is 4.99 Å². The maximum atomic E-state index is 14.1. The number of aliphatic imine (C=N–C) groups is 1. The van der Waals surface area contributed by atoms with Crippen LogP contribution >= 0.6 is 0 Å². The maximum Gasteiger partial charge on any atom is 0.193 e. The highest BCUT2D eigenvalue weighted by atomic mass is 19.1. The predicted molar refractivity (Wildman–Crippen MR) is 90.2 cm³/mol. The number of hydrogen-bond donors (Lipinski definition) is 1. The Morgan fingerprint density at radius 1 is 1.43 bits per heavy atom. The van der Waals surface area contributed by atoms with E-state index in [4.69, 9.17) is 4.74 Å². The molecule has 1 aromatic carbocycles. The maximum absolute atomic E-state index is 14.1. The lowest BCUT2D eigenvalue weighted by atomic mass is 9.95. The van der Waals surface area contributed by atoms with Crippen LogP contribution in [0.3, 0.4) is 0 Å². The van der Waals surface area contributed by atoms with Crippen LogP contribution in [0.4, 0.5) is 4.39 Å². The van der Waals surface area contributed by atoms with Crippen molar-refractivity contribution in [1.82, 2.24) is 10.2 Å². The molecule has 1 unspecified atom stereocenters. The van der Waals surface area contributed by atoms with E-state index in [1.54, 1.807) is 19.2 Å². The van der Waals surface area contributed by atoms with Crippen LogP contribution in [0.15, 0.2) is 29.3 Å². The number of nitrogens with one attached hydrogen (secondary N) is 1. The summed E-state index contributed by atoms with van der Waals surface area (Å²) in [5.74, 6) is 1.35. The highest BCUT2D eigenvalue weighted by molar-refractivity contribution is 5.79. The molecule has 0 radical (unpaired) electrons. The Labute approximate surface area is 137 Å². The first-order valence-electron chi connectivity index (χ1n) is 8.39. The zero-order valence-electron chi connectivity index (χ0n) is 14.0. The molecular weight excluding hydrogens is 293 g/mol. The third-order valence-electron chi connectivity index (χ3n) is 5.01. The minimum atomic E-state index is -0.0988. The molecule has 23 heavy (non-hydrogen) atoms. The highest BCUT2D eigenvalue weighted by Crippen LogP contribution is 2.48. The van der Waals surface area contributed by atoms with Crippen molar-refractivity contribution in [2.24, 2.45) is 10.9 Å². The second kappa shape index (κ2) is 6.87. The van der Waals surface area contributed by atoms with Crippen LogP contribution in [0, 0.1) is 11.7 Å². The van der Waals surface area contributed by atoms with E-state index in [0.29, 0.717) is 5.92 Å². The Bertz CT molecular complexity index is 565. The smallest absolute Gasteiger partial charge is 0.193 e. The number of halogens is 1. The number of benzene rings is 1. The molecule has 1 saturated heterocycles. The van der Waals surface area contributed by atoms with Crippen molar-refractivity contribution in [3.8, 4) is 0 Å². The zero-order chi connectivity index (χ0) is 16.3. The summed E-state index contributed by atoms with van der Waals surface area (Å²) in [4.78, 5) is 6.52. The van der Waals surface area contributed by atoms with Gasteiger partial charge in [0.05, 0.1) is 6.61 Å². The quantitative estimate of drug-likeness (QED) is 0.669. The lowest BCUT2D eigenvalue weighted by Gasteiger charge is -2.26. The molecule has 0 spiro atoms. The zero-order valence-corrected chi connectivity index (χ0v) is 14.0. The van der Waals surface area contributed by atoms with E-state index >= 15 is 0 Å². The third-order valence-corrected chi connectivity index (χ3v) is 5.01. The fourth-order valence-electron chi connectivity index (χ4n) is 3.42. The fraction of sp³-hybridized carbons (Fsp3) is 0.611. The van der Waals surface area contributed by atoms with Crippen LogP contribution in [0.25, 0.3) is 0 Å². The molecule has 0 aromatic heterocycles. The largest absolute Gasteiger partial charge is 0.381 e. The first-order chi connectivity index (χ1) is 11.1. The molecule has 1 heterocycles. The number of ether oxygens (including phenoxy) is 1. The van der Waals surface area contributed by atoms with Gasteiger partial charge < -0.3 is 15.0 Å². The van der Waals surface area contributed by atoms with E-state index < -0.39 is 0 Å². The molecule has 4 nitrogen and oxygen atoms in total. The Morgan fingerprint density at radius 3 is 2.83 bits per heavy atom. The molecule has 1 saturated carbocycles. The van der Waals surface area contributed by atoms with Crippen molar-refractivity contribution < 1.29 is 9.13 Å². The summed E-state index contributed by atoms with van der Waals surface area (Å²) >= 11 is 0. The van der Waals surface area contributed by atoms with Gasteiger partial charge in [-0.2, -0.15) is 0 Å². The van der Waals surface area contributed by atoms with Crippen molar-refractivity contribution in [2.45, 2.75) is 24.7 Å². The summed E-state index contributed by atoms with van der Waals surface area (Å²) in [7, 11) is 3.85. The fourth-order valence-corrected chi connectivity index (χ4v) is 3.42. The average Bonchev–Trinajstić information content (AvgIpc) is 3.16. The molecule has 3 rings (SSSR count). The van der Waals surface area contributed by atoms with Crippen LogP contribution in [0.2, 0.25) is 0 Å². The van der Waals surface area contributed by atoms with Crippen molar-refractivity contribution in [3.05, 3.63) is 35.6 Å². The number of nitrogens with zero attached hydrogens (tertiary/aromatic N) is 2. The first kappa shape index (κ1) is 16.2. The highest BCUT2D eigenvalue weighted by Gasteiger charge is 2.45. The van der Waals surface area contributed by atoms with E-state index in [2.05, 4.69) is 22.3 Å². The Balaban J connectivity index is 1.59. The molecule has 1 aromatic rings. The predicted octanol–water partition coefficient (Wildman–Crippen LogP) is 2.40. The molecule has 1 aliphatic carbocycles. The van der Waals surface area contributed by atoms with Crippen LogP contribution in [-0.2, 0) is 10.2 Å². The van der Waals surface area contributed by atoms with Gasteiger partial charge >= 0.3 is 0 Å². The summed E-state index contributed by atoms with van der Waals surface area (Å²) in [5.41, 5.74) is 0.758. The van der Waals surface area contributed by atoms with Crippen LogP contribution < -0.4 is 5.32 Å². The van der Waals surface area contributed by atoms with Gasteiger partial charge in [0, 0.05) is 45.1 Å². The molecule has 1 aliphatic heterocycles. The molecule has 126 valence electrons. The minimum absolute atomic E-state index is 0.0708. The van der Waals surface area contributed by atoms with Crippen LogP contribution in [0.5, 0.6) is 0 Å². The molecule has 0 amide bonds. The van der Waals surface area contributed by atoms with Gasteiger partial charge in [0.2, 0.25) is 0 Å². The SMILES string of the molecule is CN=C(NCC1(c2ccccc2F)CC1)N(C)CC1CCOC1. The second-order valence-electron chi connectivity index (χ2n) is 6.77.